The van der Waals surface area contributed by atoms with Gasteiger partial charge in [0.05, 0.1) is 5.41 Å². The van der Waals surface area contributed by atoms with Crippen LogP contribution in [-0.4, -0.2) is 0 Å². The lowest BCUT2D eigenvalue weighted by Gasteiger charge is -2.35. The van der Waals surface area contributed by atoms with E-state index in [2.05, 4.69) is 325 Å². The van der Waals surface area contributed by atoms with Crippen LogP contribution in [0, 0.1) is 0 Å². The van der Waals surface area contributed by atoms with E-state index in [-0.39, 0.29) is 0 Å². The number of hydrogen-bond donors (Lipinski definition) is 0. The van der Waals surface area contributed by atoms with Gasteiger partial charge in [0.25, 0.3) is 0 Å². The number of fused-ring (bicyclic) bond motifs is 5. The minimum absolute atomic E-state index is 0.653. The molecule has 0 spiro atoms. The van der Waals surface area contributed by atoms with Crippen molar-refractivity contribution in [1.82, 2.24) is 0 Å². The van der Waals surface area contributed by atoms with E-state index in [4.69, 9.17) is 0 Å². The van der Waals surface area contributed by atoms with Crippen LogP contribution in [0.25, 0.3) is 66.1 Å². The highest BCUT2D eigenvalue weighted by atomic mass is 15.2. The monoisotopic (exact) mass is 980 g/mol. The third-order valence-corrected chi connectivity index (χ3v) is 15.7. The van der Waals surface area contributed by atoms with Gasteiger partial charge in [-0.25, -0.2) is 0 Å². The highest BCUT2D eigenvalue weighted by Gasteiger charge is 2.46. The molecule has 1 aliphatic carbocycles. The maximum Gasteiger partial charge on any atom is 0.0714 e. The van der Waals surface area contributed by atoms with E-state index in [1.165, 1.54) is 88.3 Å². The Morgan fingerprint density at radius 1 is 0.208 bits per heavy atom. The molecule has 362 valence electrons. The highest BCUT2D eigenvalue weighted by molar-refractivity contribution is 6.22. The molecule has 0 heterocycles. The zero-order valence-corrected chi connectivity index (χ0v) is 42.4. The summed E-state index contributed by atoms with van der Waals surface area (Å²) < 4.78 is 0. The van der Waals surface area contributed by atoms with Gasteiger partial charge in [-0.15, -0.1) is 0 Å². The highest BCUT2D eigenvalue weighted by Crippen LogP contribution is 2.58. The van der Waals surface area contributed by atoms with Crippen LogP contribution < -0.4 is 9.80 Å². The van der Waals surface area contributed by atoms with Crippen LogP contribution in [0.2, 0.25) is 0 Å². The van der Waals surface area contributed by atoms with Crippen LogP contribution in [0.4, 0.5) is 34.1 Å². The summed E-state index contributed by atoms with van der Waals surface area (Å²) in [6.45, 7) is 0. The molecule has 0 aliphatic heterocycles. The Balaban J connectivity index is 0.961. The van der Waals surface area contributed by atoms with Gasteiger partial charge in [0, 0.05) is 34.1 Å². The summed E-state index contributed by atoms with van der Waals surface area (Å²) >= 11 is 0. The number of nitrogens with zero attached hydrogens (tertiary/aromatic N) is 2. The lowest BCUT2D eigenvalue weighted by molar-refractivity contribution is 0.768. The lowest BCUT2D eigenvalue weighted by atomic mass is 9.67. The van der Waals surface area contributed by atoms with Crippen molar-refractivity contribution in [3.63, 3.8) is 0 Å². The van der Waals surface area contributed by atoms with Gasteiger partial charge < -0.3 is 9.80 Å². The molecule has 0 saturated carbocycles. The van der Waals surface area contributed by atoms with Crippen LogP contribution in [-0.2, 0) is 5.41 Å². The number of hydrogen-bond acceptors (Lipinski definition) is 2. The van der Waals surface area contributed by atoms with Gasteiger partial charge in [-0.1, -0.05) is 231 Å². The van der Waals surface area contributed by atoms with Crippen molar-refractivity contribution in [2.24, 2.45) is 0 Å². The Morgan fingerprint density at radius 3 is 1.01 bits per heavy atom. The van der Waals surface area contributed by atoms with Crippen molar-refractivity contribution in [2.75, 3.05) is 9.80 Å². The van der Waals surface area contributed by atoms with Crippen molar-refractivity contribution in [3.05, 3.63) is 338 Å². The first kappa shape index (κ1) is 45.6. The summed E-state index contributed by atoms with van der Waals surface area (Å²) in [5.41, 5.74) is 20.6. The Bertz CT molecular complexity index is 4140. The number of para-hydroxylation sites is 3. The standard InChI is InChI=1S/C75H52N2/c1-8-24-53(25-9-1)73-67-38-22-23-39-68(67)74(54-26-10-2-11-27-54)70-50-55(41-48-69(70)73)56-40-47-65-66-49-46-64(52-72(66)75(71(65)51-56,57-28-12-3-13-29-57)58-30-14-4-15-31-58)77(61-36-20-7-21-37-61)63-44-42-62(43-45-63)76(59-32-16-5-17-33-59)60-34-18-6-19-35-60/h1-52H. The molecule has 0 radical (unpaired) electrons. The first-order chi connectivity index (χ1) is 38.2. The van der Waals surface area contributed by atoms with E-state index < -0.39 is 5.41 Å². The third kappa shape index (κ3) is 7.81. The number of rotatable bonds is 11. The fourth-order valence-electron chi connectivity index (χ4n) is 12.4. The summed E-state index contributed by atoms with van der Waals surface area (Å²) in [6, 6.07) is 116. The molecule has 0 bridgehead atoms. The Morgan fingerprint density at radius 2 is 0.532 bits per heavy atom. The average Bonchev–Trinajstić information content (AvgIpc) is 4.00. The van der Waals surface area contributed by atoms with Crippen LogP contribution in [0.1, 0.15) is 22.3 Å². The molecule has 2 heteroatoms. The minimum Gasteiger partial charge on any atom is -0.311 e. The van der Waals surface area contributed by atoms with Gasteiger partial charge in [0.1, 0.15) is 0 Å². The minimum atomic E-state index is -0.653. The fourth-order valence-corrected chi connectivity index (χ4v) is 12.4. The van der Waals surface area contributed by atoms with Crippen molar-refractivity contribution < 1.29 is 0 Å². The molecule has 2 nitrogen and oxygen atoms in total. The van der Waals surface area contributed by atoms with E-state index in [0.29, 0.717) is 0 Å². The molecule has 0 saturated heterocycles. The van der Waals surface area contributed by atoms with Crippen molar-refractivity contribution in [2.45, 2.75) is 5.41 Å². The molecular weight excluding hydrogens is 929 g/mol. The summed E-state index contributed by atoms with van der Waals surface area (Å²) in [4.78, 5) is 4.72. The number of anilines is 6. The summed E-state index contributed by atoms with van der Waals surface area (Å²) in [6.07, 6.45) is 0. The second-order valence-corrected chi connectivity index (χ2v) is 20.0. The van der Waals surface area contributed by atoms with Gasteiger partial charge in [-0.2, -0.15) is 0 Å². The SMILES string of the molecule is c1ccc(-c2c3ccccc3c(-c3ccccc3)c3cc(-c4ccc5c(c4)C(c4ccccc4)(c4ccccc4)c4cc(N(c6ccccc6)c6ccc(N(c7ccccc7)c7ccccc7)cc6)ccc4-5)ccc23)cc1. The lowest BCUT2D eigenvalue weighted by Crippen LogP contribution is -2.28. The largest absolute Gasteiger partial charge is 0.311 e. The second kappa shape index (κ2) is 19.4. The zero-order chi connectivity index (χ0) is 51.1. The molecule has 14 rings (SSSR count). The van der Waals surface area contributed by atoms with E-state index >= 15 is 0 Å². The predicted octanol–water partition coefficient (Wildman–Crippen LogP) is 20.3. The van der Waals surface area contributed by atoms with Crippen LogP contribution in [0.5, 0.6) is 0 Å². The van der Waals surface area contributed by atoms with Gasteiger partial charge in [0.2, 0.25) is 0 Å². The summed E-state index contributed by atoms with van der Waals surface area (Å²) in [5.74, 6) is 0. The molecule has 13 aromatic rings. The van der Waals surface area contributed by atoms with Crippen LogP contribution >= 0.6 is 0 Å². The van der Waals surface area contributed by atoms with Crippen molar-refractivity contribution in [1.29, 1.82) is 0 Å². The summed E-state index contributed by atoms with van der Waals surface area (Å²) in [5, 5.41) is 4.97. The van der Waals surface area contributed by atoms with E-state index in [0.717, 1.165) is 34.1 Å². The molecule has 1 aliphatic rings. The molecular formula is C75H52N2. The van der Waals surface area contributed by atoms with Crippen LogP contribution in [0.15, 0.2) is 315 Å². The Kier molecular flexibility index (Phi) is 11.5. The van der Waals surface area contributed by atoms with Gasteiger partial charge >= 0.3 is 0 Å². The van der Waals surface area contributed by atoms with Gasteiger partial charge in [0.15, 0.2) is 0 Å². The average molecular weight is 981 g/mol. The zero-order valence-electron chi connectivity index (χ0n) is 42.4. The first-order valence-electron chi connectivity index (χ1n) is 26.6. The first-order valence-corrected chi connectivity index (χ1v) is 26.6. The predicted molar refractivity (Wildman–Crippen MR) is 324 cm³/mol. The molecule has 13 aromatic carbocycles. The van der Waals surface area contributed by atoms with Gasteiger partial charge in [-0.05, 0) is 173 Å². The Hall–Kier alpha value is -10.0. The van der Waals surface area contributed by atoms with Crippen molar-refractivity contribution >= 4 is 55.7 Å². The van der Waals surface area contributed by atoms with Crippen LogP contribution in [0.3, 0.4) is 0 Å². The molecule has 0 fully saturated rings. The Labute approximate surface area is 450 Å². The van der Waals surface area contributed by atoms with Crippen molar-refractivity contribution in [3.8, 4) is 44.5 Å². The molecule has 0 unspecified atom stereocenters. The van der Waals surface area contributed by atoms with E-state index in [9.17, 15) is 0 Å². The summed E-state index contributed by atoms with van der Waals surface area (Å²) in [7, 11) is 0. The third-order valence-electron chi connectivity index (χ3n) is 15.7. The normalized spacial score (nSPS) is 12.3. The molecule has 77 heavy (non-hydrogen) atoms. The molecule has 0 atom stereocenters. The van der Waals surface area contributed by atoms with Gasteiger partial charge in [-0.3, -0.25) is 0 Å². The molecule has 0 aromatic heterocycles. The maximum absolute atomic E-state index is 2.50. The topological polar surface area (TPSA) is 6.48 Å². The quantitative estimate of drug-likeness (QED) is 0.119. The smallest absolute Gasteiger partial charge is 0.0714 e. The molecule has 0 N–H and O–H groups in total. The van der Waals surface area contributed by atoms with E-state index in [1.54, 1.807) is 0 Å². The second-order valence-electron chi connectivity index (χ2n) is 20.0. The molecule has 0 amide bonds. The fraction of sp³-hybridized carbons (Fsp3) is 0.0133. The number of benzene rings is 13. The van der Waals surface area contributed by atoms with E-state index in [1.807, 2.05) is 0 Å². The maximum atomic E-state index is 2.50.